The maximum absolute atomic E-state index is 13.5. The molecule has 0 bridgehead atoms. The molecule has 0 aliphatic carbocycles. The number of imide groups is 1. The summed E-state index contributed by atoms with van der Waals surface area (Å²) in [6.45, 7) is -0.136. The quantitative estimate of drug-likeness (QED) is 0.530. The van der Waals surface area contributed by atoms with Gasteiger partial charge in [-0.15, -0.1) is 0 Å². The number of sulfonamides is 1. The summed E-state index contributed by atoms with van der Waals surface area (Å²) in [5.74, 6) is -1.03. The second kappa shape index (κ2) is 8.63. The molecule has 1 aliphatic rings. The van der Waals surface area contributed by atoms with E-state index in [4.69, 9.17) is 11.6 Å². The van der Waals surface area contributed by atoms with Crippen LogP contribution in [0.25, 0.3) is 0 Å². The van der Waals surface area contributed by atoms with Crippen molar-refractivity contribution in [3.8, 4) is 0 Å². The maximum atomic E-state index is 13.5. The van der Waals surface area contributed by atoms with Gasteiger partial charge < -0.3 is 0 Å². The van der Waals surface area contributed by atoms with Crippen molar-refractivity contribution >= 4 is 39.1 Å². The lowest BCUT2D eigenvalue weighted by molar-refractivity contribution is -0.122. The van der Waals surface area contributed by atoms with Crippen LogP contribution in [0.2, 0.25) is 5.02 Å². The Morgan fingerprint density at radius 2 is 1.45 bits per heavy atom. The third-order valence-electron chi connectivity index (χ3n) is 5.12. The molecule has 1 atom stereocenters. The summed E-state index contributed by atoms with van der Waals surface area (Å²) in [5.41, 5.74) is 0.955. The Morgan fingerprint density at radius 1 is 0.871 bits per heavy atom. The molecule has 1 unspecified atom stereocenters. The van der Waals surface area contributed by atoms with E-state index in [9.17, 15) is 18.0 Å². The number of carbonyl (C=O) groups is 2. The number of carbonyl (C=O) groups excluding carboxylic acids is 2. The highest BCUT2D eigenvalue weighted by Gasteiger charge is 2.47. The molecule has 1 fully saturated rings. The molecule has 0 N–H and O–H groups in total. The zero-order valence-corrected chi connectivity index (χ0v) is 18.0. The summed E-state index contributed by atoms with van der Waals surface area (Å²) in [6, 6.07) is 22.0. The average Bonchev–Trinajstić information content (AvgIpc) is 3.07. The predicted molar refractivity (Wildman–Crippen MR) is 118 cm³/mol. The highest BCUT2D eigenvalue weighted by Crippen LogP contribution is 2.31. The molecule has 1 aliphatic heterocycles. The molecule has 4 rings (SSSR count). The van der Waals surface area contributed by atoms with E-state index in [1.54, 1.807) is 72.8 Å². The molecular weight excluding hydrogens is 436 g/mol. The van der Waals surface area contributed by atoms with Gasteiger partial charge in [-0.05, 0) is 35.9 Å². The van der Waals surface area contributed by atoms with E-state index in [0.717, 1.165) is 9.21 Å². The first kappa shape index (κ1) is 21.2. The Hall–Kier alpha value is -3.00. The minimum Gasteiger partial charge on any atom is -0.274 e. The van der Waals surface area contributed by atoms with Crippen LogP contribution in [-0.2, 0) is 26.2 Å². The van der Waals surface area contributed by atoms with Gasteiger partial charge in [-0.25, -0.2) is 13.3 Å². The largest absolute Gasteiger partial charge is 0.274 e. The number of para-hydroxylation sites is 1. The van der Waals surface area contributed by atoms with Gasteiger partial charge in [-0.1, -0.05) is 66.2 Å². The topological polar surface area (TPSA) is 74.8 Å². The molecule has 6 nitrogen and oxygen atoms in total. The minimum absolute atomic E-state index is 0.0421. The van der Waals surface area contributed by atoms with Crippen LogP contribution in [0, 0.1) is 0 Å². The number of nitrogens with zero attached hydrogens (tertiary/aromatic N) is 2. The molecule has 3 aromatic carbocycles. The fraction of sp³-hybridized carbons (Fsp3) is 0.130. The predicted octanol–water partition coefficient (Wildman–Crippen LogP) is 3.86. The van der Waals surface area contributed by atoms with Gasteiger partial charge in [0.2, 0.25) is 15.9 Å². The molecule has 0 spiro atoms. The normalized spacial score (nSPS) is 16.8. The number of anilines is 1. The zero-order valence-electron chi connectivity index (χ0n) is 16.4. The number of rotatable bonds is 6. The summed E-state index contributed by atoms with van der Waals surface area (Å²) >= 11 is 6.28. The average molecular weight is 455 g/mol. The van der Waals surface area contributed by atoms with Crippen molar-refractivity contribution < 1.29 is 18.0 Å². The first-order chi connectivity index (χ1) is 14.9. The third-order valence-corrected chi connectivity index (χ3v) is 7.36. The van der Waals surface area contributed by atoms with E-state index in [1.165, 1.54) is 12.1 Å². The Balaban J connectivity index is 1.77. The number of hydrogen-bond donors (Lipinski definition) is 0. The molecule has 2 amide bonds. The van der Waals surface area contributed by atoms with Gasteiger partial charge in [0, 0.05) is 11.6 Å². The van der Waals surface area contributed by atoms with Crippen molar-refractivity contribution in [2.45, 2.75) is 23.9 Å². The van der Waals surface area contributed by atoms with Gasteiger partial charge in [-0.2, -0.15) is 4.31 Å². The van der Waals surface area contributed by atoms with Crippen LogP contribution < -0.4 is 4.90 Å². The Labute approximate surface area is 185 Å². The van der Waals surface area contributed by atoms with Gasteiger partial charge in [0.05, 0.1) is 17.0 Å². The van der Waals surface area contributed by atoms with Gasteiger partial charge in [0.1, 0.15) is 6.04 Å². The van der Waals surface area contributed by atoms with Crippen LogP contribution in [0.15, 0.2) is 89.8 Å². The van der Waals surface area contributed by atoms with Crippen molar-refractivity contribution in [3.63, 3.8) is 0 Å². The number of halogens is 1. The number of hydrogen-bond acceptors (Lipinski definition) is 4. The summed E-state index contributed by atoms with van der Waals surface area (Å²) in [5, 5.41) is 0.382. The fourth-order valence-electron chi connectivity index (χ4n) is 3.57. The van der Waals surface area contributed by atoms with Crippen molar-refractivity contribution in [3.05, 3.63) is 95.5 Å². The fourth-order valence-corrected chi connectivity index (χ4v) is 5.35. The molecule has 0 aromatic heterocycles. The first-order valence-corrected chi connectivity index (χ1v) is 11.4. The van der Waals surface area contributed by atoms with Crippen LogP contribution in [0.5, 0.6) is 0 Å². The number of benzene rings is 3. The summed E-state index contributed by atoms with van der Waals surface area (Å²) < 4.78 is 28.1. The molecule has 31 heavy (non-hydrogen) atoms. The lowest BCUT2D eigenvalue weighted by atomic mass is 10.2. The number of amides is 2. The van der Waals surface area contributed by atoms with Crippen molar-refractivity contribution in [2.75, 3.05) is 4.90 Å². The standard InChI is InChI=1S/C23H19ClN2O4S/c24-20-14-8-7-9-17(20)16-25(31(29,30)19-12-5-2-6-13-19)21-15-22(27)26(23(21)28)18-10-3-1-4-11-18/h1-14,21H,15-16H2. The summed E-state index contributed by atoms with van der Waals surface area (Å²) in [7, 11) is -4.09. The maximum Gasteiger partial charge on any atom is 0.252 e. The van der Waals surface area contributed by atoms with E-state index >= 15 is 0 Å². The van der Waals surface area contributed by atoms with Crippen LogP contribution >= 0.6 is 11.6 Å². The summed E-state index contributed by atoms with van der Waals surface area (Å²) in [4.78, 5) is 27.1. The molecule has 0 saturated carbocycles. The van der Waals surface area contributed by atoms with Crippen LogP contribution in [0.1, 0.15) is 12.0 Å². The van der Waals surface area contributed by atoms with Gasteiger partial charge in [-0.3, -0.25) is 9.59 Å². The van der Waals surface area contributed by atoms with Crippen molar-refractivity contribution in [1.29, 1.82) is 0 Å². The first-order valence-electron chi connectivity index (χ1n) is 9.62. The van der Waals surface area contributed by atoms with E-state index in [2.05, 4.69) is 0 Å². The minimum atomic E-state index is -4.09. The third kappa shape index (κ3) is 4.12. The van der Waals surface area contributed by atoms with Crippen molar-refractivity contribution in [2.24, 2.45) is 0 Å². The second-order valence-electron chi connectivity index (χ2n) is 7.08. The molecular formula is C23H19ClN2O4S. The van der Waals surface area contributed by atoms with Gasteiger partial charge >= 0.3 is 0 Å². The lowest BCUT2D eigenvalue weighted by Crippen LogP contribution is -2.45. The monoisotopic (exact) mass is 454 g/mol. The SMILES string of the molecule is O=C1CC(N(Cc2ccccc2Cl)S(=O)(=O)c2ccccc2)C(=O)N1c1ccccc1. The van der Waals surface area contributed by atoms with E-state index in [0.29, 0.717) is 16.3 Å². The van der Waals surface area contributed by atoms with Crippen LogP contribution in [0.3, 0.4) is 0 Å². The van der Waals surface area contributed by atoms with E-state index in [1.807, 2.05) is 0 Å². The molecule has 8 heteroatoms. The zero-order chi connectivity index (χ0) is 22.0. The van der Waals surface area contributed by atoms with Gasteiger partial charge in [0.25, 0.3) is 5.91 Å². The lowest BCUT2D eigenvalue weighted by Gasteiger charge is -2.27. The Kier molecular flexibility index (Phi) is 5.91. The van der Waals surface area contributed by atoms with Gasteiger partial charge in [0.15, 0.2) is 0 Å². The van der Waals surface area contributed by atoms with E-state index < -0.39 is 27.9 Å². The highest BCUT2D eigenvalue weighted by molar-refractivity contribution is 7.89. The molecule has 0 radical (unpaired) electrons. The molecule has 158 valence electrons. The van der Waals surface area contributed by atoms with E-state index in [-0.39, 0.29) is 17.9 Å². The highest BCUT2D eigenvalue weighted by atomic mass is 35.5. The Morgan fingerprint density at radius 3 is 2.10 bits per heavy atom. The molecule has 3 aromatic rings. The Bertz CT molecular complexity index is 1220. The van der Waals surface area contributed by atoms with Crippen LogP contribution in [-0.4, -0.2) is 30.6 Å². The van der Waals surface area contributed by atoms with Crippen LogP contribution in [0.4, 0.5) is 5.69 Å². The summed E-state index contributed by atoms with van der Waals surface area (Å²) in [6.07, 6.45) is -0.246. The van der Waals surface area contributed by atoms with Crippen molar-refractivity contribution in [1.82, 2.24) is 4.31 Å². The second-order valence-corrected chi connectivity index (χ2v) is 9.38. The smallest absolute Gasteiger partial charge is 0.252 e. The molecule has 1 saturated heterocycles. The molecule has 1 heterocycles.